The number of sulfonamides is 1. The van der Waals surface area contributed by atoms with E-state index >= 15 is 0 Å². The second-order valence-electron chi connectivity index (χ2n) is 13.9. The van der Waals surface area contributed by atoms with Crippen LogP contribution in [0.4, 0.5) is 13.6 Å². The van der Waals surface area contributed by atoms with Crippen molar-refractivity contribution in [3.05, 3.63) is 22.4 Å². The molecule has 16 heteroatoms. The zero-order chi connectivity index (χ0) is 35.0. The van der Waals surface area contributed by atoms with E-state index in [4.69, 9.17) is 0 Å². The molecule has 0 radical (unpaired) electrons. The molecule has 2 rings (SSSR count). The molecule has 12 nitrogen and oxygen atoms in total. The van der Waals surface area contributed by atoms with E-state index in [9.17, 15) is 36.4 Å². The summed E-state index contributed by atoms with van der Waals surface area (Å²) in [5, 5.41) is 12.5. The molecule has 1 aliphatic heterocycles. The van der Waals surface area contributed by atoms with Crippen molar-refractivity contribution in [3.8, 4) is 0 Å². The van der Waals surface area contributed by atoms with Crippen LogP contribution in [0.1, 0.15) is 65.7 Å². The van der Waals surface area contributed by atoms with Gasteiger partial charge in [0.15, 0.2) is 0 Å². The third-order valence-corrected chi connectivity index (χ3v) is 10.1. The summed E-state index contributed by atoms with van der Waals surface area (Å²) in [5.41, 5.74) is -1.35. The molecule has 1 aromatic heterocycles. The number of hydrogen-bond donors (Lipinski definition) is 4. The number of alkyl halides is 2. The van der Waals surface area contributed by atoms with Crippen LogP contribution in [0.5, 0.6) is 0 Å². The van der Waals surface area contributed by atoms with Gasteiger partial charge in [0, 0.05) is 44.0 Å². The van der Waals surface area contributed by atoms with Crippen LogP contribution in [0.3, 0.4) is 0 Å². The molecule has 1 aliphatic rings. The van der Waals surface area contributed by atoms with E-state index in [0.29, 0.717) is 12.8 Å². The molecule has 2 heterocycles. The average molecular weight is 693 g/mol. The molecule has 262 valence electrons. The second kappa shape index (κ2) is 16.3. The molecule has 0 bridgehead atoms. The molecular formula is C30H50F2N6O6S2. The predicted octanol–water partition coefficient (Wildman–Crippen LogP) is 2.56. The maximum atomic E-state index is 13.9. The van der Waals surface area contributed by atoms with Gasteiger partial charge in [-0.1, -0.05) is 47.6 Å². The highest BCUT2D eigenvalue weighted by molar-refractivity contribution is 7.88. The number of carbonyl (C=O) groups is 4. The summed E-state index contributed by atoms with van der Waals surface area (Å²) >= 11 is 1.51. The third kappa shape index (κ3) is 12.1. The minimum Gasteiger partial charge on any atom is -0.354 e. The Morgan fingerprint density at radius 2 is 1.72 bits per heavy atom. The quantitative estimate of drug-likeness (QED) is 0.235. The molecule has 0 saturated carbocycles. The Balaban J connectivity index is 2.16. The lowest BCUT2D eigenvalue weighted by Crippen LogP contribution is -2.62. The minimum absolute atomic E-state index is 0.000348. The normalized spacial score (nSPS) is 17.8. The number of carbonyl (C=O) groups excluding carboxylic acids is 4. The van der Waals surface area contributed by atoms with Gasteiger partial charge < -0.3 is 26.2 Å². The Morgan fingerprint density at radius 1 is 1.07 bits per heavy atom. The molecule has 4 atom stereocenters. The largest absolute Gasteiger partial charge is 0.354 e. The van der Waals surface area contributed by atoms with Gasteiger partial charge in [0.1, 0.15) is 18.1 Å². The summed E-state index contributed by atoms with van der Waals surface area (Å²) in [6.07, 6.45) is -1.43. The van der Waals surface area contributed by atoms with E-state index in [1.807, 2.05) is 38.3 Å². The lowest BCUT2D eigenvalue weighted by Gasteiger charge is -2.37. The van der Waals surface area contributed by atoms with Crippen molar-refractivity contribution in [2.75, 3.05) is 32.9 Å². The van der Waals surface area contributed by atoms with Crippen LogP contribution >= 0.6 is 11.3 Å². The van der Waals surface area contributed by atoms with Gasteiger partial charge in [0.25, 0.3) is 0 Å². The van der Waals surface area contributed by atoms with Gasteiger partial charge in [-0.25, -0.2) is 26.3 Å². The summed E-state index contributed by atoms with van der Waals surface area (Å²) in [5.74, 6) is -1.99. The van der Waals surface area contributed by atoms with E-state index in [1.165, 1.54) is 23.3 Å². The standard InChI is InChI=1S/C30H50F2N6O6S2/c1-29(2,3)22(18-37(7)46(8,43)44)35-28(42)36-24(30(4,5)6)27(41)38-15-9-12-21(38)26(40)34-20(17-23(31)32)25(39)33-14-13-19-11-10-16-45-19/h10-11,16,20-24H,9,12-15,17-18H2,1-8H3,(H,33,39)(H,34,40)(H2,35,36,42)/t20-,21-,22+,24+/m0/s1. The fourth-order valence-electron chi connectivity index (χ4n) is 4.94. The van der Waals surface area contributed by atoms with Gasteiger partial charge in [0.2, 0.25) is 34.2 Å². The van der Waals surface area contributed by atoms with Gasteiger partial charge in [-0.2, -0.15) is 0 Å². The number of amides is 5. The van der Waals surface area contributed by atoms with Crippen LogP contribution in [0.25, 0.3) is 0 Å². The second-order valence-corrected chi connectivity index (χ2v) is 17.0. The van der Waals surface area contributed by atoms with Crippen molar-refractivity contribution in [2.45, 2.75) is 97.8 Å². The van der Waals surface area contributed by atoms with Crippen LogP contribution in [0.2, 0.25) is 0 Å². The number of likely N-dealkylation sites (tertiary alicyclic amines) is 1. The zero-order valence-electron chi connectivity index (χ0n) is 28.0. The van der Waals surface area contributed by atoms with Crippen molar-refractivity contribution >= 4 is 45.1 Å². The fraction of sp³-hybridized carbons (Fsp3) is 0.733. The zero-order valence-corrected chi connectivity index (χ0v) is 29.6. The van der Waals surface area contributed by atoms with Gasteiger partial charge in [-0.15, -0.1) is 11.3 Å². The molecule has 0 spiro atoms. The topological polar surface area (TPSA) is 157 Å². The van der Waals surface area contributed by atoms with Crippen LogP contribution < -0.4 is 21.3 Å². The van der Waals surface area contributed by atoms with Crippen molar-refractivity contribution in [1.82, 2.24) is 30.5 Å². The minimum atomic E-state index is -3.52. The van der Waals surface area contributed by atoms with Crippen LogP contribution in [-0.2, 0) is 30.8 Å². The molecule has 46 heavy (non-hydrogen) atoms. The highest BCUT2D eigenvalue weighted by Crippen LogP contribution is 2.27. The number of halogens is 2. The number of thiophene rings is 1. The summed E-state index contributed by atoms with van der Waals surface area (Å²) in [7, 11) is -2.11. The first-order chi connectivity index (χ1) is 21.1. The molecule has 0 aliphatic carbocycles. The Labute approximate surface area is 275 Å². The number of rotatable bonds is 14. The molecule has 4 N–H and O–H groups in total. The van der Waals surface area contributed by atoms with E-state index in [1.54, 1.807) is 20.8 Å². The molecule has 1 fully saturated rings. The molecule has 1 aromatic rings. The van der Waals surface area contributed by atoms with Crippen molar-refractivity contribution < 1.29 is 36.4 Å². The molecule has 5 amide bonds. The van der Waals surface area contributed by atoms with E-state index in [0.717, 1.165) is 15.4 Å². The van der Waals surface area contributed by atoms with Crippen molar-refractivity contribution in [1.29, 1.82) is 0 Å². The predicted molar refractivity (Wildman–Crippen MR) is 174 cm³/mol. The van der Waals surface area contributed by atoms with E-state index in [2.05, 4.69) is 21.3 Å². The Morgan fingerprint density at radius 3 is 2.24 bits per heavy atom. The molecule has 1 saturated heterocycles. The SMILES string of the molecule is CN(C[C@@H](NC(=O)N[C@H](C(=O)N1CCC[C@H]1C(=O)N[C@@H](CC(F)F)C(=O)NCCc1cccs1)C(C)(C)C)C(C)(C)C)S(C)(=O)=O. The maximum absolute atomic E-state index is 13.9. The van der Waals surface area contributed by atoms with Crippen LogP contribution in [0, 0.1) is 10.8 Å². The number of urea groups is 1. The first-order valence-electron chi connectivity index (χ1n) is 15.3. The first kappa shape index (κ1) is 39.3. The number of nitrogens with zero attached hydrogens (tertiary/aromatic N) is 2. The smallest absolute Gasteiger partial charge is 0.315 e. The maximum Gasteiger partial charge on any atom is 0.315 e. The number of hydrogen-bond acceptors (Lipinski definition) is 7. The number of likely N-dealkylation sites (N-methyl/N-ethyl adjacent to an activating group) is 1. The Hall–Kier alpha value is -2.85. The van der Waals surface area contributed by atoms with Crippen LogP contribution in [0.15, 0.2) is 17.5 Å². The van der Waals surface area contributed by atoms with Gasteiger partial charge >= 0.3 is 6.03 Å². The van der Waals surface area contributed by atoms with Crippen LogP contribution in [-0.4, -0.2) is 105 Å². The lowest BCUT2D eigenvalue weighted by molar-refractivity contribution is -0.142. The number of nitrogens with one attached hydrogen (secondary N) is 4. The summed E-state index contributed by atoms with van der Waals surface area (Å²) in [6, 6.07) is -1.15. The summed E-state index contributed by atoms with van der Waals surface area (Å²) < 4.78 is 52.0. The van der Waals surface area contributed by atoms with E-state index in [-0.39, 0.29) is 26.1 Å². The van der Waals surface area contributed by atoms with Crippen molar-refractivity contribution in [3.63, 3.8) is 0 Å². The summed E-state index contributed by atoms with van der Waals surface area (Å²) in [4.78, 5) is 55.6. The van der Waals surface area contributed by atoms with E-state index < -0.39 is 81.6 Å². The molecule has 0 aromatic carbocycles. The molecule has 0 unspecified atom stereocenters. The van der Waals surface area contributed by atoms with Gasteiger partial charge in [0.05, 0.1) is 6.26 Å². The first-order valence-corrected chi connectivity index (χ1v) is 18.0. The average Bonchev–Trinajstić information content (AvgIpc) is 3.61. The lowest BCUT2D eigenvalue weighted by atomic mass is 9.85. The Bertz CT molecular complexity index is 1300. The highest BCUT2D eigenvalue weighted by atomic mass is 32.2. The summed E-state index contributed by atoms with van der Waals surface area (Å²) in [6.45, 7) is 11.2. The monoisotopic (exact) mass is 692 g/mol. The highest BCUT2D eigenvalue weighted by Gasteiger charge is 2.43. The third-order valence-electron chi connectivity index (χ3n) is 7.88. The van der Waals surface area contributed by atoms with Gasteiger partial charge in [-0.3, -0.25) is 14.4 Å². The van der Waals surface area contributed by atoms with Crippen molar-refractivity contribution in [2.24, 2.45) is 10.8 Å². The fourth-order valence-corrected chi connectivity index (χ4v) is 6.07. The Kier molecular flexibility index (Phi) is 13.9. The molecular weight excluding hydrogens is 642 g/mol. The van der Waals surface area contributed by atoms with Gasteiger partial charge in [-0.05, 0) is 41.5 Å².